The lowest BCUT2D eigenvalue weighted by Gasteiger charge is -2.29. The van der Waals surface area contributed by atoms with E-state index in [9.17, 15) is 9.59 Å². The average Bonchev–Trinajstić information content (AvgIpc) is 3.39. The van der Waals surface area contributed by atoms with Crippen LogP contribution in [0.15, 0.2) is 36.5 Å². The minimum Gasteiger partial charge on any atom is -0.486 e. The van der Waals surface area contributed by atoms with Gasteiger partial charge in [-0.3, -0.25) is 14.5 Å². The largest absolute Gasteiger partial charge is 0.486 e. The van der Waals surface area contributed by atoms with Crippen molar-refractivity contribution in [2.24, 2.45) is 0 Å². The van der Waals surface area contributed by atoms with Crippen molar-refractivity contribution in [1.29, 1.82) is 0 Å². The Morgan fingerprint density at radius 1 is 1.21 bits per heavy atom. The molecule has 1 fully saturated rings. The van der Waals surface area contributed by atoms with Crippen molar-refractivity contribution in [3.8, 4) is 11.5 Å². The molecule has 1 aromatic heterocycles. The number of hydrogen-bond acceptors (Lipinski definition) is 5. The molecule has 2 aromatic rings. The van der Waals surface area contributed by atoms with Gasteiger partial charge >= 0.3 is 0 Å². The summed E-state index contributed by atoms with van der Waals surface area (Å²) in [4.78, 5) is 31.7. The number of ether oxygens (including phenoxy) is 2. The van der Waals surface area contributed by atoms with Crippen molar-refractivity contribution >= 4 is 11.7 Å². The Hall–Kier alpha value is -2.80. The number of hydrogen-bond donors (Lipinski definition) is 1. The third-order valence-electron chi connectivity index (χ3n) is 5.13. The molecule has 4 rings (SSSR count). The van der Waals surface area contributed by atoms with Crippen LogP contribution in [-0.2, 0) is 0 Å². The van der Waals surface area contributed by atoms with Crippen LogP contribution in [0.2, 0.25) is 0 Å². The Kier molecular flexibility index (Phi) is 5.34. The lowest BCUT2D eigenvalue weighted by molar-refractivity contribution is 0.0624. The monoisotopic (exact) mass is 383 g/mol. The Morgan fingerprint density at radius 2 is 1.96 bits per heavy atom. The Bertz CT molecular complexity index is 857. The van der Waals surface area contributed by atoms with E-state index in [-0.39, 0.29) is 24.3 Å². The summed E-state index contributed by atoms with van der Waals surface area (Å²) in [5.41, 5.74) is 1.01. The molecule has 0 bridgehead atoms. The highest BCUT2D eigenvalue weighted by Gasteiger charge is 2.24. The third-order valence-corrected chi connectivity index (χ3v) is 5.13. The molecule has 0 spiro atoms. The van der Waals surface area contributed by atoms with Crippen LogP contribution in [0.4, 0.5) is 0 Å². The van der Waals surface area contributed by atoms with E-state index in [0.717, 1.165) is 37.4 Å². The molecule has 1 atom stereocenters. The molecule has 1 N–H and O–H groups in total. The number of likely N-dealkylation sites (N-methyl/N-ethyl adjacent to an activating group) is 1. The fourth-order valence-electron chi connectivity index (χ4n) is 3.67. The van der Waals surface area contributed by atoms with Crippen molar-refractivity contribution < 1.29 is 19.1 Å². The van der Waals surface area contributed by atoms with Crippen LogP contribution in [0.3, 0.4) is 0 Å². The highest BCUT2D eigenvalue weighted by atomic mass is 16.6. The van der Waals surface area contributed by atoms with Crippen molar-refractivity contribution in [1.82, 2.24) is 14.8 Å². The van der Waals surface area contributed by atoms with Crippen molar-refractivity contribution in [3.05, 3.63) is 47.8 Å². The SMILES string of the molecule is CN(CC(=O)c1c[nH]c(C(=O)N2CCCC2)c1)CC1COc2ccccc2O1. The number of benzene rings is 1. The number of carbonyl (C=O) groups is 2. The maximum atomic E-state index is 12.6. The van der Waals surface area contributed by atoms with Crippen LogP contribution >= 0.6 is 0 Å². The van der Waals surface area contributed by atoms with E-state index in [4.69, 9.17) is 9.47 Å². The van der Waals surface area contributed by atoms with E-state index in [1.807, 2.05) is 41.1 Å². The lowest BCUT2D eigenvalue weighted by atomic mass is 10.2. The first-order chi connectivity index (χ1) is 13.6. The van der Waals surface area contributed by atoms with Gasteiger partial charge in [0.05, 0.1) is 6.54 Å². The molecule has 28 heavy (non-hydrogen) atoms. The number of aromatic amines is 1. The summed E-state index contributed by atoms with van der Waals surface area (Å²) in [7, 11) is 1.88. The second-order valence-electron chi connectivity index (χ2n) is 7.42. The minimum absolute atomic E-state index is 0.0312. The van der Waals surface area contributed by atoms with E-state index in [0.29, 0.717) is 24.4 Å². The number of amides is 1. The first-order valence-electron chi connectivity index (χ1n) is 9.68. The lowest BCUT2D eigenvalue weighted by Crippen LogP contribution is -2.41. The van der Waals surface area contributed by atoms with Gasteiger partial charge in [-0.15, -0.1) is 0 Å². The molecule has 1 amide bonds. The molecule has 7 nitrogen and oxygen atoms in total. The molecule has 1 aromatic carbocycles. The van der Waals surface area contributed by atoms with Crippen LogP contribution in [0, 0.1) is 0 Å². The summed E-state index contributed by atoms with van der Waals surface area (Å²) >= 11 is 0. The summed E-state index contributed by atoms with van der Waals surface area (Å²) in [5.74, 6) is 1.42. The highest BCUT2D eigenvalue weighted by Crippen LogP contribution is 2.30. The Labute approximate surface area is 164 Å². The first kappa shape index (κ1) is 18.6. The van der Waals surface area contributed by atoms with Gasteiger partial charge in [-0.2, -0.15) is 0 Å². The summed E-state index contributed by atoms with van der Waals surface area (Å²) in [5, 5.41) is 0. The molecule has 2 aliphatic heterocycles. The van der Waals surface area contributed by atoms with Gasteiger partial charge in [-0.25, -0.2) is 0 Å². The fraction of sp³-hybridized carbons (Fsp3) is 0.429. The van der Waals surface area contributed by atoms with Gasteiger partial charge in [-0.05, 0) is 38.1 Å². The van der Waals surface area contributed by atoms with Gasteiger partial charge < -0.3 is 19.4 Å². The number of rotatable bonds is 6. The predicted molar refractivity (Wildman–Crippen MR) is 104 cm³/mol. The molecule has 0 aliphatic carbocycles. The zero-order valence-electron chi connectivity index (χ0n) is 16.0. The summed E-state index contributed by atoms with van der Waals surface area (Å²) in [6, 6.07) is 9.24. The van der Waals surface area contributed by atoms with Crippen LogP contribution in [0.5, 0.6) is 11.5 Å². The number of likely N-dealkylation sites (tertiary alicyclic amines) is 1. The maximum Gasteiger partial charge on any atom is 0.270 e. The van der Waals surface area contributed by atoms with Crippen LogP contribution in [0.25, 0.3) is 0 Å². The van der Waals surface area contributed by atoms with E-state index < -0.39 is 0 Å². The molecule has 148 valence electrons. The van der Waals surface area contributed by atoms with Gasteiger partial charge in [0.2, 0.25) is 0 Å². The maximum absolute atomic E-state index is 12.6. The topological polar surface area (TPSA) is 74.9 Å². The van der Waals surface area contributed by atoms with Gasteiger partial charge in [-0.1, -0.05) is 12.1 Å². The van der Waals surface area contributed by atoms with Gasteiger partial charge in [0.1, 0.15) is 18.4 Å². The van der Waals surface area contributed by atoms with E-state index in [1.165, 1.54) is 0 Å². The summed E-state index contributed by atoms with van der Waals surface area (Å²) < 4.78 is 11.7. The van der Waals surface area contributed by atoms with Crippen molar-refractivity contribution in [2.45, 2.75) is 18.9 Å². The highest BCUT2D eigenvalue weighted by molar-refractivity contribution is 6.01. The molecule has 1 saturated heterocycles. The number of Topliss-reactive ketones (excluding diaryl/α,β-unsaturated/α-hetero) is 1. The number of nitrogens with one attached hydrogen (secondary N) is 1. The summed E-state index contributed by atoms with van der Waals surface area (Å²) in [6.45, 7) is 2.85. The molecule has 1 unspecified atom stereocenters. The minimum atomic E-state index is -0.133. The molecule has 0 radical (unpaired) electrons. The standard InChI is InChI=1S/C21H25N3O4/c1-23(12-16-14-27-19-6-2-3-7-20(19)28-16)13-18(25)15-10-17(22-11-15)21(26)24-8-4-5-9-24/h2-3,6-7,10-11,16,22H,4-5,8-9,12-14H2,1H3. The van der Waals surface area contributed by atoms with Crippen LogP contribution in [0.1, 0.15) is 33.7 Å². The second kappa shape index (κ2) is 8.06. The number of H-pyrrole nitrogens is 1. The Morgan fingerprint density at radius 3 is 2.75 bits per heavy atom. The van der Waals surface area contributed by atoms with Crippen molar-refractivity contribution in [2.75, 3.05) is 39.8 Å². The van der Waals surface area contributed by atoms with Gasteiger partial charge in [0.15, 0.2) is 17.3 Å². The Balaban J connectivity index is 1.31. The van der Waals surface area contributed by atoms with E-state index in [1.54, 1.807) is 12.3 Å². The molecule has 3 heterocycles. The quantitative estimate of drug-likeness (QED) is 0.774. The zero-order valence-corrected chi connectivity index (χ0v) is 16.0. The molecule has 7 heteroatoms. The summed E-state index contributed by atoms with van der Waals surface area (Å²) in [6.07, 6.45) is 3.57. The van der Waals surface area contributed by atoms with Gasteiger partial charge in [0.25, 0.3) is 5.91 Å². The molecular formula is C21H25N3O4. The second-order valence-corrected chi connectivity index (χ2v) is 7.42. The van der Waals surface area contributed by atoms with Crippen LogP contribution < -0.4 is 9.47 Å². The zero-order chi connectivity index (χ0) is 19.5. The van der Waals surface area contributed by atoms with Gasteiger partial charge in [0, 0.05) is 31.4 Å². The predicted octanol–water partition coefficient (Wildman–Crippen LogP) is 2.21. The van der Waals surface area contributed by atoms with E-state index >= 15 is 0 Å². The smallest absolute Gasteiger partial charge is 0.270 e. The number of ketones is 1. The van der Waals surface area contributed by atoms with E-state index in [2.05, 4.69) is 4.98 Å². The number of para-hydroxylation sites is 2. The van der Waals surface area contributed by atoms with Crippen LogP contribution in [-0.4, -0.2) is 72.4 Å². The fourth-order valence-corrected chi connectivity index (χ4v) is 3.67. The molecular weight excluding hydrogens is 358 g/mol. The third kappa shape index (κ3) is 4.04. The first-order valence-corrected chi connectivity index (χ1v) is 9.68. The van der Waals surface area contributed by atoms with Crippen molar-refractivity contribution in [3.63, 3.8) is 0 Å². The molecule has 0 saturated carbocycles. The molecule has 2 aliphatic rings. The number of nitrogens with zero attached hydrogens (tertiary/aromatic N) is 2. The number of aromatic nitrogens is 1. The number of carbonyl (C=O) groups excluding carboxylic acids is 2. The average molecular weight is 383 g/mol. The number of fused-ring (bicyclic) bond motifs is 1. The normalized spacial score (nSPS) is 18.5.